The van der Waals surface area contributed by atoms with E-state index in [1.165, 1.54) is 47.0 Å². The van der Waals surface area contributed by atoms with Gasteiger partial charge in [-0.05, 0) is 55.5 Å². The van der Waals surface area contributed by atoms with Crippen molar-refractivity contribution in [1.82, 2.24) is 10.3 Å². The Morgan fingerprint density at radius 3 is 2.83 bits per heavy atom. The first-order valence-corrected chi connectivity index (χ1v) is 9.12. The lowest BCUT2D eigenvalue weighted by Crippen LogP contribution is -2.27. The minimum atomic E-state index is 0.352. The Kier molecular flexibility index (Phi) is 4.00. The summed E-state index contributed by atoms with van der Waals surface area (Å²) >= 11 is 3.60. The number of rotatable bonds is 3. The van der Waals surface area contributed by atoms with Crippen molar-refractivity contribution < 1.29 is 0 Å². The molecule has 3 aromatic rings. The third kappa shape index (κ3) is 2.84. The normalized spacial score (nSPS) is 18.8. The Morgan fingerprint density at radius 2 is 2.00 bits per heavy atom. The first-order chi connectivity index (χ1) is 11.2. The van der Waals surface area contributed by atoms with Crippen molar-refractivity contribution in [3.05, 3.63) is 69.8 Å². The van der Waals surface area contributed by atoms with Gasteiger partial charge in [0.2, 0.25) is 0 Å². The Labute approximate surface area is 145 Å². The molecule has 0 radical (unpaired) electrons. The zero-order valence-electron chi connectivity index (χ0n) is 13.3. The van der Waals surface area contributed by atoms with Gasteiger partial charge in [0, 0.05) is 33.2 Å². The molecule has 1 unspecified atom stereocenters. The minimum absolute atomic E-state index is 0.352. The van der Waals surface area contributed by atoms with E-state index in [1.807, 2.05) is 0 Å². The molecule has 1 aromatic heterocycles. The van der Waals surface area contributed by atoms with E-state index in [9.17, 15) is 0 Å². The van der Waals surface area contributed by atoms with Gasteiger partial charge in [-0.3, -0.25) is 0 Å². The fourth-order valence-corrected chi connectivity index (χ4v) is 4.10. The molecule has 118 valence electrons. The molecule has 0 fully saturated rings. The molecule has 1 aliphatic rings. The predicted molar refractivity (Wildman–Crippen MR) is 99.7 cm³/mol. The van der Waals surface area contributed by atoms with Crippen LogP contribution in [0.25, 0.3) is 10.9 Å². The first kappa shape index (κ1) is 15.0. The number of fused-ring (bicyclic) bond motifs is 3. The lowest BCUT2D eigenvalue weighted by atomic mass is 9.91. The SMILES string of the molecule is C[C@H](NC1CCCc2c1[nH]c1ccc(Br)cc21)c1ccccc1. The van der Waals surface area contributed by atoms with Gasteiger partial charge in [-0.25, -0.2) is 0 Å². The second kappa shape index (κ2) is 6.14. The lowest BCUT2D eigenvalue weighted by Gasteiger charge is -2.27. The number of aromatic amines is 1. The van der Waals surface area contributed by atoms with Gasteiger partial charge in [-0.1, -0.05) is 46.3 Å². The molecule has 23 heavy (non-hydrogen) atoms. The maximum Gasteiger partial charge on any atom is 0.0480 e. The highest BCUT2D eigenvalue weighted by molar-refractivity contribution is 9.10. The standard InChI is InChI=1S/C20H21BrN2/c1-13(14-6-3-2-4-7-14)22-19-9-5-8-16-17-12-15(21)10-11-18(17)23-20(16)19/h2-4,6-7,10-13,19,22-23H,5,8-9H2,1H3/t13-,19?/m0/s1. The van der Waals surface area contributed by atoms with E-state index in [4.69, 9.17) is 0 Å². The summed E-state index contributed by atoms with van der Waals surface area (Å²) in [5, 5.41) is 5.19. The Morgan fingerprint density at radius 1 is 1.17 bits per heavy atom. The van der Waals surface area contributed by atoms with Crippen LogP contribution in [-0.4, -0.2) is 4.98 Å². The van der Waals surface area contributed by atoms with E-state index in [2.05, 4.69) is 81.7 Å². The Hall–Kier alpha value is -1.58. The van der Waals surface area contributed by atoms with Gasteiger partial charge < -0.3 is 10.3 Å². The molecule has 2 nitrogen and oxygen atoms in total. The number of H-pyrrole nitrogens is 1. The summed E-state index contributed by atoms with van der Waals surface area (Å²) in [6, 6.07) is 18.0. The summed E-state index contributed by atoms with van der Waals surface area (Å²) in [6.07, 6.45) is 3.60. The molecule has 1 aliphatic carbocycles. The number of hydrogen-bond acceptors (Lipinski definition) is 1. The average Bonchev–Trinajstić information content (AvgIpc) is 2.95. The molecule has 0 saturated carbocycles. The van der Waals surface area contributed by atoms with Crippen LogP contribution in [0.1, 0.15) is 48.7 Å². The molecule has 2 aromatic carbocycles. The lowest BCUT2D eigenvalue weighted by molar-refractivity contribution is 0.410. The quantitative estimate of drug-likeness (QED) is 0.613. The average molecular weight is 369 g/mol. The molecule has 2 N–H and O–H groups in total. The summed E-state index contributed by atoms with van der Waals surface area (Å²) in [4.78, 5) is 3.67. The van der Waals surface area contributed by atoms with E-state index in [-0.39, 0.29) is 0 Å². The molecule has 0 aliphatic heterocycles. The fourth-order valence-electron chi connectivity index (χ4n) is 3.74. The van der Waals surface area contributed by atoms with Crippen LogP contribution in [0, 0.1) is 0 Å². The highest BCUT2D eigenvalue weighted by atomic mass is 79.9. The van der Waals surface area contributed by atoms with Gasteiger partial charge in [0.25, 0.3) is 0 Å². The van der Waals surface area contributed by atoms with Crippen LogP contribution in [0.15, 0.2) is 53.0 Å². The van der Waals surface area contributed by atoms with Gasteiger partial charge in [-0.15, -0.1) is 0 Å². The van der Waals surface area contributed by atoms with E-state index >= 15 is 0 Å². The first-order valence-electron chi connectivity index (χ1n) is 8.33. The molecule has 2 atom stereocenters. The molecule has 0 bridgehead atoms. The molecule has 0 amide bonds. The van der Waals surface area contributed by atoms with E-state index in [0.717, 1.165) is 4.47 Å². The summed E-state index contributed by atoms with van der Waals surface area (Å²) in [6.45, 7) is 2.25. The summed E-state index contributed by atoms with van der Waals surface area (Å²) in [5.74, 6) is 0. The van der Waals surface area contributed by atoms with E-state index < -0.39 is 0 Å². The minimum Gasteiger partial charge on any atom is -0.357 e. The van der Waals surface area contributed by atoms with Gasteiger partial charge in [0.15, 0.2) is 0 Å². The van der Waals surface area contributed by atoms with Gasteiger partial charge in [0.05, 0.1) is 0 Å². The number of aryl methyl sites for hydroxylation is 1. The van der Waals surface area contributed by atoms with Gasteiger partial charge in [-0.2, -0.15) is 0 Å². The molecule has 0 spiro atoms. The monoisotopic (exact) mass is 368 g/mol. The summed E-state index contributed by atoms with van der Waals surface area (Å²) in [5.41, 5.74) is 5.47. The van der Waals surface area contributed by atoms with Gasteiger partial charge in [0.1, 0.15) is 0 Å². The molecular weight excluding hydrogens is 348 g/mol. The van der Waals surface area contributed by atoms with Crippen molar-refractivity contribution in [2.45, 2.75) is 38.3 Å². The summed E-state index contributed by atoms with van der Waals surface area (Å²) < 4.78 is 1.15. The molecule has 3 heteroatoms. The number of aromatic nitrogens is 1. The topological polar surface area (TPSA) is 27.8 Å². The van der Waals surface area contributed by atoms with Crippen LogP contribution in [0.4, 0.5) is 0 Å². The highest BCUT2D eigenvalue weighted by Gasteiger charge is 2.25. The van der Waals surface area contributed by atoms with Crippen molar-refractivity contribution in [3.63, 3.8) is 0 Å². The third-order valence-corrected chi connectivity index (χ3v) is 5.41. The maximum absolute atomic E-state index is 3.82. The molecule has 0 saturated heterocycles. The maximum atomic E-state index is 3.82. The second-order valence-corrected chi connectivity index (χ2v) is 7.37. The van der Waals surface area contributed by atoms with Crippen molar-refractivity contribution in [2.24, 2.45) is 0 Å². The summed E-state index contributed by atoms with van der Waals surface area (Å²) in [7, 11) is 0. The Bertz CT molecular complexity index is 822. The fraction of sp³-hybridized carbons (Fsp3) is 0.300. The van der Waals surface area contributed by atoms with Crippen LogP contribution in [0.2, 0.25) is 0 Å². The number of nitrogens with one attached hydrogen (secondary N) is 2. The van der Waals surface area contributed by atoms with Crippen LogP contribution >= 0.6 is 15.9 Å². The van der Waals surface area contributed by atoms with Crippen molar-refractivity contribution in [1.29, 1.82) is 0 Å². The van der Waals surface area contributed by atoms with Gasteiger partial charge >= 0.3 is 0 Å². The van der Waals surface area contributed by atoms with Crippen LogP contribution < -0.4 is 5.32 Å². The van der Waals surface area contributed by atoms with Crippen LogP contribution in [-0.2, 0) is 6.42 Å². The number of hydrogen-bond donors (Lipinski definition) is 2. The van der Waals surface area contributed by atoms with E-state index in [1.54, 1.807) is 0 Å². The number of benzene rings is 2. The van der Waals surface area contributed by atoms with Crippen molar-refractivity contribution >= 4 is 26.8 Å². The zero-order chi connectivity index (χ0) is 15.8. The largest absolute Gasteiger partial charge is 0.357 e. The predicted octanol–water partition coefficient (Wildman–Crippen LogP) is 5.66. The van der Waals surface area contributed by atoms with E-state index in [0.29, 0.717) is 12.1 Å². The van der Waals surface area contributed by atoms with Crippen LogP contribution in [0.5, 0.6) is 0 Å². The highest BCUT2D eigenvalue weighted by Crippen LogP contribution is 2.36. The number of halogens is 1. The van der Waals surface area contributed by atoms with Crippen molar-refractivity contribution in [3.8, 4) is 0 Å². The second-order valence-electron chi connectivity index (χ2n) is 6.45. The smallest absolute Gasteiger partial charge is 0.0480 e. The Balaban J connectivity index is 1.66. The zero-order valence-corrected chi connectivity index (χ0v) is 14.9. The van der Waals surface area contributed by atoms with Crippen molar-refractivity contribution in [2.75, 3.05) is 0 Å². The molecule has 1 heterocycles. The molecular formula is C20H21BrN2. The third-order valence-electron chi connectivity index (χ3n) is 4.92. The molecule has 4 rings (SSSR count). The van der Waals surface area contributed by atoms with Crippen LogP contribution in [0.3, 0.4) is 0 Å².